The van der Waals surface area contributed by atoms with Crippen molar-refractivity contribution in [1.29, 1.82) is 0 Å². The van der Waals surface area contributed by atoms with Gasteiger partial charge in [-0.1, -0.05) is 32.1 Å². The highest BCUT2D eigenvalue weighted by Crippen LogP contribution is 2.36. The molecule has 20 heavy (non-hydrogen) atoms. The maximum atomic E-state index is 5.94. The van der Waals surface area contributed by atoms with E-state index in [-0.39, 0.29) is 0 Å². The van der Waals surface area contributed by atoms with Crippen molar-refractivity contribution >= 4 is 26.7 Å². The molecule has 0 aliphatic rings. The van der Waals surface area contributed by atoms with Gasteiger partial charge in [-0.05, 0) is 37.8 Å². The average molecular weight is 292 g/mol. The molecule has 0 aliphatic heterocycles. The van der Waals surface area contributed by atoms with Crippen LogP contribution in [0.25, 0.3) is 10.2 Å². The fraction of sp³-hybridized carbons (Fsp3) is 0.562. The highest BCUT2D eigenvalue weighted by atomic mass is 32.1. The van der Waals surface area contributed by atoms with E-state index in [0.29, 0.717) is 5.92 Å². The Hall–Kier alpha value is -1.29. The summed E-state index contributed by atoms with van der Waals surface area (Å²) in [5.41, 5.74) is 3.49. The first-order valence-electron chi connectivity index (χ1n) is 7.30. The molecule has 0 amide bonds. The van der Waals surface area contributed by atoms with Gasteiger partial charge in [0.05, 0.1) is 16.8 Å². The van der Waals surface area contributed by atoms with Crippen LogP contribution in [0.3, 0.4) is 0 Å². The van der Waals surface area contributed by atoms with Crippen LogP contribution in [0.5, 0.6) is 5.75 Å². The molecule has 0 saturated heterocycles. The van der Waals surface area contributed by atoms with E-state index in [1.54, 1.807) is 11.3 Å². The summed E-state index contributed by atoms with van der Waals surface area (Å²) < 4.78 is 7.17. The summed E-state index contributed by atoms with van der Waals surface area (Å²) in [6.07, 6.45) is 1.11. The summed E-state index contributed by atoms with van der Waals surface area (Å²) >= 11 is 1.72. The normalized spacial score (nSPS) is 11.3. The lowest BCUT2D eigenvalue weighted by atomic mass is 10.1. The second kappa shape index (κ2) is 6.44. The number of anilines is 1. The molecule has 0 spiro atoms. The first-order chi connectivity index (χ1) is 9.52. The van der Waals surface area contributed by atoms with Crippen LogP contribution in [-0.2, 0) is 0 Å². The van der Waals surface area contributed by atoms with Crippen molar-refractivity contribution in [3.8, 4) is 5.75 Å². The van der Waals surface area contributed by atoms with Gasteiger partial charge in [0.15, 0.2) is 5.13 Å². The van der Waals surface area contributed by atoms with Gasteiger partial charge in [0, 0.05) is 12.1 Å². The predicted octanol–water partition coefficient (Wildman–Crippen LogP) is 4.77. The maximum Gasteiger partial charge on any atom is 0.183 e. The molecule has 4 heteroatoms. The topological polar surface area (TPSA) is 34.2 Å². The molecule has 1 aromatic heterocycles. The number of nitrogens with zero attached hydrogens (tertiary/aromatic N) is 1. The number of ether oxygens (including phenoxy) is 1. The van der Waals surface area contributed by atoms with Gasteiger partial charge >= 0.3 is 0 Å². The van der Waals surface area contributed by atoms with Crippen molar-refractivity contribution in [1.82, 2.24) is 4.98 Å². The maximum absolute atomic E-state index is 5.94. The Labute approximate surface area is 125 Å². The van der Waals surface area contributed by atoms with Crippen molar-refractivity contribution in [3.63, 3.8) is 0 Å². The number of aromatic nitrogens is 1. The van der Waals surface area contributed by atoms with Crippen LogP contribution in [0.15, 0.2) is 6.07 Å². The fourth-order valence-corrected chi connectivity index (χ4v) is 3.10. The average Bonchev–Trinajstić information content (AvgIpc) is 2.83. The van der Waals surface area contributed by atoms with Crippen molar-refractivity contribution < 1.29 is 4.74 Å². The lowest BCUT2D eigenvalue weighted by Crippen LogP contribution is -2.05. The van der Waals surface area contributed by atoms with E-state index in [9.17, 15) is 0 Å². The molecule has 2 aromatic rings. The van der Waals surface area contributed by atoms with E-state index < -0.39 is 0 Å². The van der Waals surface area contributed by atoms with Gasteiger partial charge in [-0.25, -0.2) is 4.98 Å². The second-order valence-corrected chi connectivity index (χ2v) is 6.64. The molecule has 1 aromatic carbocycles. The number of nitrogens with one attached hydrogen (secondary N) is 1. The number of benzene rings is 1. The van der Waals surface area contributed by atoms with E-state index in [0.717, 1.165) is 36.0 Å². The van der Waals surface area contributed by atoms with E-state index in [4.69, 9.17) is 9.72 Å². The summed E-state index contributed by atoms with van der Waals surface area (Å²) in [6.45, 7) is 12.4. The van der Waals surface area contributed by atoms with E-state index >= 15 is 0 Å². The molecule has 0 bridgehead atoms. The Morgan fingerprint density at radius 2 is 2.10 bits per heavy atom. The second-order valence-electron chi connectivity index (χ2n) is 5.64. The summed E-state index contributed by atoms with van der Waals surface area (Å²) in [4.78, 5) is 4.70. The van der Waals surface area contributed by atoms with E-state index in [1.807, 2.05) is 0 Å². The summed E-state index contributed by atoms with van der Waals surface area (Å²) in [6, 6.07) is 2.11. The third-order valence-electron chi connectivity index (χ3n) is 3.16. The molecule has 0 aliphatic carbocycles. The van der Waals surface area contributed by atoms with Gasteiger partial charge in [-0.15, -0.1) is 0 Å². The largest absolute Gasteiger partial charge is 0.493 e. The third-order valence-corrected chi connectivity index (χ3v) is 4.29. The molecule has 0 atom stereocenters. The van der Waals surface area contributed by atoms with Crippen LogP contribution in [0.1, 0.15) is 38.3 Å². The van der Waals surface area contributed by atoms with E-state index in [1.165, 1.54) is 15.8 Å². The van der Waals surface area contributed by atoms with E-state index in [2.05, 4.69) is 46.0 Å². The molecule has 110 valence electrons. The van der Waals surface area contributed by atoms with Crippen LogP contribution in [-0.4, -0.2) is 18.1 Å². The Morgan fingerprint density at radius 3 is 2.75 bits per heavy atom. The zero-order chi connectivity index (χ0) is 14.7. The Morgan fingerprint density at radius 1 is 1.35 bits per heavy atom. The predicted molar refractivity (Wildman–Crippen MR) is 88.2 cm³/mol. The van der Waals surface area contributed by atoms with Crippen LogP contribution < -0.4 is 10.1 Å². The fourth-order valence-electron chi connectivity index (χ4n) is 2.04. The minimum atomic E-state index is 0.536. The molecule has 2 rings (SSSR count). The highest BCUT2D eigenvalue weighted by molar-refractivity contribution is 7.22. The molecular formula is C16H24N2OS. The Balaban J connectivity index is 2.35. The van der Waals surface area contributed by atoms with Crippen LogP contribution in [0, 0.1) is 19.8 Å². The number of hydrogen-bond donors (Lipinski definition) is 1. The highest BCUT2D eigenvalue weighted by Gasteiger charge is 2.13. The zero-order valence-electron chi connectivity index (χ0n) is 13.0. The summed E-state index contributed by atoms with van der Waals surface area (Å²) in [7, 11) is 0. The van der Waals surface area contributed by atoms with Gasteiger partial charge in [-0.2, -0.15) is 0 Å². The van der Waals surface area contributed by atoms with Gasteiger partial charge < -0.3 is 10.1 Å². The summed E-state index contributed by atoms with van der Waals surface area (Å²) in [5, 5.41) is 4.38. The summed E-state index contributed by atoms with van der Waals surface area (Å²) in [5.74, 6) is 1.53. The molecule has 1 heterocycles. The standard InChI is InChI=1S/C16H24N2OS/c1-6-7-17-16-18-14-11(4)8-13(19-9-10(2)3)12(5)15(14)20-16/h8,10H,6-7,9H2,1-5H3,(H,17,18). The zero-order valence-corrected chi connectivity index (χ0v) is 13.9. The van der Waals surface area contributed by atoms with Crippen LogP contribution in [0.2, 0.25) is 0 Å². The van der Waals surface area contributed by atoms with Crippen LogP contribution in [0.4, 0.5) is 5.13 Å². The lowest BCUT2D eigenvalue weighted by Gasteiger charge is -2.12. The van der Waals surface area contributed by atoms with Crippen LogP contribution >= 0.6 is 11.3 Å². The van der Waals surface area contributed by atoms with Crippen molar-refractivity contribution in [2.45, 2.75) is 41.0 Å². The minimum Gasteiger partial charge on any atom is -0.493 e. The monoisotopic (exact) mass is 292 g/mol. The van der Waals surface area contributed by atoms with Gasteiger partial charge in [-0.3, -0.25) is 0 Å². The number of fused-ring (bicyclic) bond motifs is 1. The Kier molecular flexibility index (Phi) is 4.86. The van der Waals surface area contributed by atoms with Gasteiger partial charge in [0.2, 0.25) is 0 Å². The smallest absolute Gasteiger partial charge is 0.183 e. The molecular weight excluding hydrogens is 268 g/mol. The molecule has 1 N–H and O–H groups in total. The number of aryl methyl sites for hydroxylation is 2. The molecule has 0 unspecified atom stereocenters. The molecule has 0 fully saturated rings. The molecule has 0 saturated carbocycles. The number of rotatable bonds is 6. The number of hydrogen-bond acceptors (Lipinski definition) is 4. The molecule has 3 nitrogen and oxygen atoms in total. The Bertz CT molecular complexity index is 590. The van der Waals surface area contributed by atoms with Crippen molar-refractivity contribution in [2.24, 2.45) is 5.92 Å². The first-order valence-corrected chi connectivity index (χ1v) is 8.12. The number of thiazole rings is 1. The quantitative estimate of drug-likeness (QED) is 0.832. The van der Waals surface area contributed by atoms with Gasteiger partial charge in [0.1, 0.15) is 5.75 Å². The third kappa shape index (κ3) is 3.23. The SMILES string of the molecule is CCCNc1nc2c(C)cc(OCC(C)C)c(C)c2s1. The van der Waals surface area contributed by atoms with Crippen molar-refractivity contribution in [2.75, 3.05) is 18.5 Å². The first kappa shape index (κ1) is 15.1. The van der Waals surface area contributed by atoms with Crippen molar-refractivity contribution in [3.05, 3.63) is 17.2 Å². The lowest BCUT2D eigenvalue weighted by molar-refractivity contribution is 0.270. The van der Waals surface area contributed by atoms with Gasteiger partial charge in [0.25, 0.3) is 0 Å². The minimum absolute atomic E-state index is 0.536. The molecule has 0 radical (unpaired) electrons.